The third kappa shape index (κ3) is 3.82. The first-order valence-electron chi connectivity index (χ1n) is 6.71. The monoisotopic (exact) mass is 357 g/mol. The Morgan fingerprint density at radius 3 is 2.52 bits per heavy atom. The molecule has 0 unspecified atom stereocenters. The molecule has 4 nitrogen and oxygen atoms in total. The van der Waals surface area contributed by atoms with E-state index in [4.69, 9.17) is 17.3 Å². The van der Waals surface area contributed by atoms with Gasteiger partial charge in [0.15, 0.2) is 5.69 Å². The number of nitrogens with two attached hydrogens (primary N) is 1. The van der Waals surface area contributed by atoms with E-state index < -0.39 is 40.7 Å². The van der Waals surface area contributed by atoms with E-state index >= 15 is 0 Å². The summed E-state index contributed by atoms with van der Waals surface area (Å²) in [6.45, 7) is -0.00407. The molecular weight excluding hydrogens is 345 g/mol. The van der Waals surface area contributed by atoms with Crippen LogP contribution in [0.1, 0.15) is 35.3 Å². The van der Waals surface area contributed by atoms with Gasteiger partial charge in [0.2, 0.25) is 5.92 Å². The average Bonchev–Trinajstić information content (AvgIpc) is 2.57. The molecule has 2 heterocycles. The molecule has 1 aliphatic rings. The summed E-state index contributed by atoms with van der Waals surface area (Å²) in [4.78, 5) is 16.1. The number of halogens is 6. The Bertz CT molecular complexity index is 620. The number of alkyl halides is 5. The first-order valence-corrected chi connectivity index (χ1v) is 7.09. The number of carbonyl (C=O) groups is 1. The van der Waals surface area contributed by atoms with Gasteiger partial charge in [0.25, 0.3) is 5.91 Å². The number of aromatic nitrogens is 1. The minimum absolute atomic E-state index is 0.0619. The first-order chi connectivity index (χ1) is 10.5. The summed E-state index contributed by atoms with van der Waals surface area (Å²) in [6, 6.07) is 0. The van der Waals surface area contributed by atoms with Crippen molar-refractivity contribution in [1.29, 1.82) is 0 Å². The van der Waals surface area contributed by atoms with E-state index in [1.54, 1.807) is 0 Å². The van der Waals surface area contributed by atoms with Crippen LogP contribution in [-0.4, -0.2) is 29.9 Å². The molecule has 2 rings (SSSR count). The summed E-state index contributed by atoms with van der Waals surface area (Å²) in [7, 11) is 0. The number of anilines is 1. The zero-order valence-corrected chi connectivity index (χ0v) is 12.5. The lowest BCUT2D eigenvalue weighted by atomic mass is 10.1. The second-order valence-corrected chi connectivity index (χ2v) is 5.62. The Morgan fingerprint density at radius 1 is 1.30 bits per heavy atom. The number of rotatable bonds is 2. The van der Waals surface area contributed by atoms with E-state index in [-0.39, 0.29) is 31.6 Å². The Balaban J connectivity index is 2.47. The summed E-state index contributed by atoms with van der Waals surface area (Å²) in [5.41, 5.74) is 3.08. The molecule has 1 aliphatic heterocycles. The summed E-state index contributed by atoms with van der Waals surface area (Å²) in [5.74, 6) is -4.03. The van der Waals surface area contributed by atoms with Crippen molar-refractivity contribution in [2.45, 2.75) is 31.4 Å². The second kappa shape index (κ2) is 6.10. The van der Waals surface area contributed by atoms with Crippen molar-refractivity contribution in [2.24, 2.45) is 5.73 Å². The number of hydrogen-bond acceptors (Lipinski definition) is 3. The van der Waals surface area contributed by atoms with Crippen LogP contribution in [0.15, 0.2) is 6.20 Å². The summed E-state index contributed by atoms with van der Waals surface area (Å²) >= 11 is 5.65. The molecule has 0 spiro atoms. The van der Waals surface area contributed by atoms with Gasteiger partial charge < -0.3 is 10.6 Å². The van der Waals surface area contributed by atoms with E-state index in [0.29, 0.717) is 0 Å². The van der Waals surface area contributed by atoms with Crippen molar-refractivity contribution < 1.29 is 26.7 Å². The molecule has 1 aromatic heterocycles. The standard InChI is InChI=1S/C13H13ClF5N3O/c14-9-8(11(20)23)7(6-21-10(9)13(17,18)19)22-4-1-2-12(15,16)3-5-22/h6H,1-5H2,(H2,20,23). The molecular formula is C13H13ClF5N3O. The van der Waals surface area contributed by atoms with Crippen LogP contribution in [0, 0.1) is 0 Å². The van der Waals surface area contributed by atoms with E-state index in [1.165, 1.54) is 4.90 Å². The fraction of sp³-hybridized carbons (Fsp3) is 0.538. The molecule has 0 saturated carbocycles. The molecule has 0 atom stereocenters. The van der Waals surface area contributed by atoms with Crippen LogP contribution in [0.5, 0.6) is 0 Å². The number of primary amides is 1. The van der Waals surface area contributed by atoms with Gasteiger partial charge in [0.1, 0.15) is 0 Å². The Morgan fingerprint density at radius 2 is 1.96 bits per heavy atom. The van der Waals surface area contributed by atoms with Gasteiger partial charge in [-0.05, 0) is 6.42 Å². The van der Waals surface area contributed by atoms with Crippen molar-refractivity contribution in [3.05, 3.63) is 22.5 Å². The van der Waals surface area contributed by atoms with Crippen LogP contribution in [0.4, 0.5) is 27.6 Å². The van der Waals surface area contributed by atoms with Crippen LogP contribution in [0.3, 0.4) is 0 Å². The van der Waals surface area contributed by atoms with Gasteiger partial charge >= 0.3 is 6.18 Å². The molecule has 2 N–H and O–H groups in total. The molecule has 1 saturated heterocycles. The van der Waals surface area contributed by atoms with Crippen LogP contribution in [0.2, 0.25) is 5.02 Å². The van der Waals surface area contributed by atoms with E-state index in [0.717, 1.165) is 6.20 Å². The Hall–Kier alpha value is -1.64. The van der Waals surface area contributed by atoms with Gasteiger partial charge in [-0.25, -0.2) is 13.8 Å². The van der Waals surface area contributed by atoms with Gasteiger partial charge in [-0.3, -0.25) is 4.79 Å². The molecule has 23 heavy (non-hydrogen) atoms. The summed E-state index contributed by atoms with van der Waals surface area (Å²) < 4.78 is 65.3. The van der Waals surface area contributed by atoms with Crippen LogP contribution >= 0.6 is 11.6 Å². The van der Waals surface area contributed by atoms with Crippen molar-refractivity contribution >= 4 is 23.2 Å². The highest BCUT2D eigenvalue weighted by Crippen LogP contribution is 2.39. The highest BCUT2D eigenvalue weighted by Gasteiger charge is 2.39. The maximum absolute atomic E-state index is 13.4. The summed E-state index contributed by atoms with van der Waals surface area (Å²) in [5, 5.41) is -0.918. The number of pyridine rings is 1. The SMILES string of the molecule is NC(=O)c1c(N2CCCC(F)(F)CC2)cnc(C(F)(F)F)c1Cl. The predicted molar refractivity (Wildman–Crippen MR) is 73.8 cm³/mol. The fourth-order valence-corrected chi connectivity index (χ4v) is 2.80. The van der Waals surface area contributed by atoms with Gasteiger partial charge in [0.05, 0.1) is 22.5 Å². The maximum Gasteiger partial charge on any atom is 0.434 e. The lowest BCUT2D eigenvalue weighted by Crippen LogP contribution is -2.29. The zero-order chi connectivity index (χ0) is 17.4. The predicted octanol–water partition coefficient (Wildman–Crippen LogP) is 3.48. The Labute approximate surface area is 133 Å². The number of nitrogens with zero attached hydrogens (tertiary/aromatic N) is 2. The van der Waals surface area contributed by atoms with Crippen molar-refractivity contribution in [3.63, 3.8) is 0 Å². The fourth-order valence-electron chi connectivity index (χ4n) is 2.45. The third-order valence-electron chi connectivity index (χ3n) is 3.57. The first kappa shape index (κ1) is 17.7. The van der Waals surface area contributed by atoms with Crippen molar-refractivity contribution in [3.8, 4) is 0 Å². The highest BCUT2D eigenvalue weighted by molar-refractivity contribution is 6.35. The number of hydrogen-bond donors (Lipinski definition) is 1. The van der Waals surface area contributed by atoms with Crippen LogP contribution in [-0.2, 0) is 6.18 Å². The van der Waals surface area contributed by atoms with Gasteiger partial charge in [-0.1, -0.05) is 11.6 Å². The smallest absolute Gasteiger partial charge is 0.369 e. The molecule has 10 heteroatoms. The largest absolute Gasteiger partial charge is 0.434 e. The molecule has 128 valence electrons. The second-order valence-electron chi connectivity index (χ2n) is 5.24. The average molecular weight is 358 g/mol. The van der Waals surface area contributed by atoms with E-state index in [1.807, 2.05) is 0 Å². The number of carbonyl (C=O) groups excluding carboxylic acids is 1. The molecule has 0 bridgehead atoms. The van der Waals surface area contributed by atoms with Gasteiger partial charge in [-0.15, -0.1) is 0 Å². The molecule has 0 aromatic carbocycles. The summed E-state index contributed by atoms with van der Waals surface area (Å²) in [6.07, 6.45) is -4.76. The topological polar surface area (TPSA) is 59.2 Å². The van der Waals surface area contributed by atoms with Crippen molar-refractivity contribution in [1.82, 2.24) is 4.98 Å². The quantitative estimate of drug-likeness (QED) is 0.824. The normalized spacial score (nSPS) is 18.6. The molecule has 1 amide bonds. The van der Waals surface area contributed by atoms with Gasteiger partial charge in [-0.2, -0.15) is 13.2 Å². The number of amides is 1. The Kier molecular flexibility index (Phi) is 4.70. The molecule has 1 fully saturated rings. The van der Waals surface area contributed by atoms with E-state index in [9.17, 15) is 26.7 Å². The lowest BCUT2D eigenvalue weighted by molar-refractivity contribution is -0.141. The molecule has 0 aliphatic carbocycles. The third-order valence-corrected chi connectivity index (χ3v) is 3.94. The lowest BCUT2D eigenvalue weighted by Gasteiger charge is -2.25. The zero-order valence-electron chi connectivity index (χ0n) is 11.8. The van der Waals surface area contributed by atoms with Crippen molar-refractivity contribution in [2.75, 3.05) is 18.0 Å². The minimum Gasteiger partial charge on any atom is -0.369 e. The van der Waals surface area contributed by atoms with E-state index in [2.05, 4.69) is 4.98 Å². The maximum atomic E-state index is 13.4. The van der Waals surface area contributed by atoms with Crippen LogP contribution in [0.25, 0.3) is 0 Å². The highest BCUT2D eigenvalue weighted by atomic mass is 35.5. The minimum atomic E-state index is -4.86. The van der Waals surface area contributed by atoms with Crippen LogP contribution < -0.4 is 10.6 Å². The molecule has 0 radical (unpaired) electrons. The van der Waals surface area contributed by atoms with Gasteiger partial charge in [0, 0.05) is 25.9 Å². The molecule has 1 aromatic rings.